The van der Waals surface area contributed by atoms with Gasteiger partial charge in [-0.15, -0.1) is 0 Å². The quantitative estimate of drug-likeness (QED) is 0.768. The van der Waals surface area contributed by atoms with E-state index in [4.69, 9.17) is 10.5 Å². The molecule has 0 amide bonds. The summed E-state index contributed by atoms with van der Waals surface area (Å²) in [5.41, 5.74) is 7.59. The maximum atomic E-state index is 5.87. The molecule has 4 heteroatoms. The van der Waals surface area contributed by atoms with Crippen LogP contribution in [-0.2, 0) is 4.74 Å². The van der Waals surface area contributed by atoms with Gasteiger partial charge in [0.25, 0.3) is 0 Å². The van der Waals surface area contributed by atoms with Crippen LogP contribution >= 0.6 is 0 Å². The smallest absolute Gasteiger partial charge is 0.142 e. The molecule has 1 aliphatic heterocycles. The molecule has 0 aliphatic carbocycles. The van der Waals surface area contributed by atoms with E-state index in [0.29, 0.717) is 0 Å². The topological polar surface area (TPSA) is 52.5 Å². The first kappa shape index (κ1) is 8.73. The molecule has 78 valence electrons. The molecule has 3 rings (SSSR count). The van der Waals surface area contributed by atoms with Crippen molar-refractivity contribution in [3.8, 4) is 0 Å². The summed E-state index contributed by atoms with van der Waals surface area (Å²) in [6.45, 7) is 0.835. The molecule has 1 fully saturated rings. The summed E-state index contributed by atoms with van der Waals surface area (Å²) in [6.07, 6.45) is 6.09. The van der Waals surface area contributed by atoms with Gasteiger partial charge in [-0.05, 0) is 25.0 Å². The van der Waals surface area contributed by atoms with Crippen LogP contribution in [0.1, 0.15) is 24.8 Å². The Kier molecular flexibility index (Phi) is 1.89. The number of rotatable bonds is 1. The monoisotopic (exact) mass is 203 g/mol. The Labute approximate surface area is 87.7 Å². The highest BCUT2D eigenvalue weighted by Gasteiger charge is 2.22. The molecule has 1 saturated heterocycles. The Morgan fingerprint density at radius 2 is 2.47 bits per heavy atom. The molecule has 2 aromatic rings. The van der Waals surface area contributed by atoms with Gasteiger partial charge in [0.15, 0.2) is 0 Å². The summed E-state index contributed by atoms with van der Waals surface area (Å²) >= 11 is 0. The SMILES string of the molecule is Nc1cccn2c(C3CCCO3)ncc12. The summed E-state index contributed by atoms with van der Waals surface area (Å²) < 4.78 is 7.64. The molecule has 3 heterocycles. The zero-order valence-electron chi connectivity index (χ0n) is 8.39. The highest BCUT2D eigenvalue weighted by Crippen LogP contribution is 2.28. The molecule has 2 N–H and O–H groups in total. The Morgan fingerprint density at radius 3 is 3.27 bits per heavy atom. The molecule has 1 atom stereocenters. The molecular weight excluding hydrogens is 190 g/mol. The summed E-state index contributed by atoms with van der Waals surface area (Å²) in [6, 6.07) is 3.82. The van der Waals surface area contributed by atoms with Crippen molar-refractivity contribution in [3.05, 3.63) is 30.4 Å². The first-order chi connectivity index (χ1) is 7.36. The standard InChI is InChI=1S/C11H13N3O/c12-8-3-1-5-14-9(8)7-13-11(14)10-4-2-6-15-10/h1,3,5,7,10H,2,4,6,12H2. The van der Waals surface area contributed by atoms with E-state index in [2.05, 4.69) is 4.98 Å². The van der Waals surface area contributed by atoms with Crippen LogP contribution in [0, 0.1) is 0 Å². The molecule has 0 saturated carbocycles. The third-order valence-electron chi connectivity index (χ3n) is 2.85. The lowest BCUT2D eigenvalue weighted by Crippen LogP contribution is -2.02. The molecule has 0 spiro atoms. The Bertz CT molecular complexity index is 486. The van der Waals surface area contributed by atoms with Crippen molar-refractivity contribution in [2.24, 2.45) is 0 Å². The van der Waals surface area contributed by atoms with Gasteiger partial charge in [-0.2, -0.15) is 0 Å². The average Bonchev–Trinajstić information content (AvgIpc) is 2.85. The number of aromatic nitrogens is 2. The van der Waals surface area contributed by atoms with Crippen molar-refractivity contribution in [2.45, 2.75) is 18.9 Å². The molecular formula is C11H13N3O. The van der Waals surface area contributed by atoms with E-state index in [1.54, 1.807) is 0 Å². The summed E-state index contributed by atoms with van der Waals surface area (Å²) in [5.74, 6) is 0.967. The minimum absolute atomic E-state index is 0.134. The van der Waals surface area contributed by atoms with E-state index >= 15 is 0 Å². The van der Waals surface area contributed by atoms with E-state index < -0.39 is 0 Å². The van der Waals surface area contributed by atoms with Crippen LogP contribution < -0.4 is 5.73 Å². The summed E-state index contributed by atoms with van der Waals surface area (Å²) in [4.78, 5) is 4.40. The van der Waals surface area contributed by atoms with Gasteiger partial charge < -0.3 is 10.5 Å². The number of fused-ring (bicyclic) bond motifs is 1. The van der Waals surface area contributed by atoms with Crippen LogP contribution in [0.2, 0.25) is 0 Å². The van der Waals surface area contributed by atoms with Crippen LogP contribution in [-0.4, -0.2) is 16.0 Å². The minimum atomic E-state index is 0.134. The second kappa shape index (κ2) is 3.24. The van der Waals surface area contributed by atoms with Crippen LogP contribution in [0.5, 0.6) is 0 Å². The predicted molar refractivity (Wildman–Crippen MR) is 57.5 cm³/mol. The molecule has 4 nitrogen and oxygen atoms in total. The van der Waals surface area contributed by atoms with Crippen molar-refractivity contribution in [3.63, 3.8) is 0 Å². The number of nitrogens with two attached hydrogens (primary N) is 1. The Balaban J connectivity index is 2.15. The van der Waals surface area contributed by atoms with Gasteiger partial charge in [0.1, 0.15) is 11.9 Å². The third-order valence-corrected chi connectivity index (χ3v) is 2.85. The molecule has 0 radical (unpaired) electrons. The number of hydrogen-bond acceptors (Lipinski definition) is 3. The fourth-order valence-electron chi connectivity index (χ4n) is 2.08. The fourth-order valence-corrected chi connectivity index (χ4v) is 2.08. The van der Waals surface area contributed by atoms with Crippen LogP contribution in [0.15, 0.2) is 24.5 Å². The van der Waals surface area contributed by atoms with Crippen molar-refractivity contribution < 1.29 is 4.74 Å². The molecule has 15 heavy (non-hydrogen) atoms. The minimum Gasteiger partial charge on any atom is -0.397 e. The van der Waals surface area contributed by atoms with Gasteiger partial charge in [-0.25, -0.2) is 4.98 Å². The lowest BCUT2D eigenvalue weighted by molar-refractivity contribution is 0.104. The fraction of sp³-hybridized carbons (Fsp3) is 0.364. The number of nitrogens with zero attached hydrogens (tertiary/aromatic N) is 2. The number of pyridine rings is 1. The summed E-state index contributed by atoms with van der Waals surface area (Å²) in [7, 11) is 0. The lowest BCUT2D eigenvalue weighted by atomic mass is 10.2. The van der Waals surface area contributed by atoms with Gasteiger partial charge in [-0.3, -0.25) is 4.40 Å². The summed E-state index contributed by atoms with van der Waals surface area (Å²) in [5, 5.41) is 0. The number of anilines is 1. The van der Waals surface area contributed by atoms with E-state index in [1.165, 1.54) is 0 Å². The maximum Gasteiger partial charge on any atom is 0.142 e. The largest absolute Gasteiger partial charge is 0.397 e. The second-order valence-electron chi connectivity index (χ2n) is 3.84. The van der Waals surface area contributed by atoms with Gasteiger partial charge in [0.05, 0.1) is 17.4 Å². The maximum absolute atomic E-state index is 5.87. The average molecular weight is 203 g/mol. The van der Waals surface area contributed by atoms with E-state index in [-0.39, 0.29) is 6.10 Å². The Hall–Kier alpha value is -1.55. The van der Waals surface area contributed by atoms with Crippen LogP contribution in [0.4, 0.5) is 5.69 Å². The zero-order chi connectivity index (χ0) is 10.3. The molecule has 2 aromatic heterocycles. The van der Waals surface area contributed by atoms with E-state index in [1.807, 2.05) is 28.9 Å². The van der Waals surface area contributed by atoms with E-state index in [9.17, 15) is 0 Å². The highest BCUT2D eigenvalue weighted by atomic mass is 16.5. The van der Waals surface area contributed by atoms with Crippen molar-refractivity contribution >= 4 is 11.2 Å². The number of ether oxygens (including phenoxy) is 1. The molecule has 1 unspecified atom stereocenters. The number of imidazole rings is 1. The first-order valence-corrected chi connectivity index (χ1v) is 5.19. The van der Waals surface area contributed by atoms with Crippen molar-refractivity contribution in [2.75, 3.05) is 12.3 Å². The highest BCUT2D eigenvalue weighted by molar-refractivity contribution is 5.68. The van der Waals surface area contributed by atoms with E-state index in [0.717, 1.165) is 36.5 Å². The lowest BCUT2D eigenvalue weighted by Gasteiger charge is -2.08. The van der Waals surface area contributed by atoms with Crippen molar-refractivity contribution in [1.82, 2.24) is 9.38 Å². The first-order valence-electron chi connectivity index (χ1n) is 5.19. The molecule has 0 bridgehead atoms. The van der Waals surface area contributed by atoms with Crippen LogP contribution in [0.3, 0.4) is 0 Å². The molecule has 1 aliphatic rings. The number of hydrogen-bond donors (Lipinski definition) is 1. The number of nitrogen functional groups attached to an aromatic ring is 1. The van der Waals surface area contributed by atoms with Gasteiger partial charge in [0.2, 0.25) is 0 Å². The van der Waals surface area contributed by atoms with Gasteiger partial charge >= 0.3 is 0 Å². The van der Waals surface area contributed by atoms with Gasteiger partial charge in [-0.1, -0.05) is 0 Å². The zero-order valence-corrected chi connectivity index (χ0v) is 8.39. The van der Waals surface area contributed by atoms with Crippen molar-refractivity contribution in [1.29, 1.82) is 0 Å². The normalized spacial score (nSPS) is 21.2. The van der Waals surface area contributed by atoms with Gasteiger partial charge in [0, 0.05) is 12.8 Å². The predicted octanol–water partition coefficient (Wildman–Crippen LogP) is 1.77. The third kappa shape index (κ3) is 1.29. The molecule has 0 aromatic carbocycles. The second-order valence-corrected chi connectivity index (χ2v) is 3.84. The van der Waals surface area contributed by atoms with Crippen LogP contribution in [0.25, 0.3) is 5.52 Å². The Morgan fingerprint density at radius 1 is 1.53 bits per heavy atom.